The zero-order valence-corrected chi connectivity index (χ0v) is 13.5. The molecule has 22 heavy (non-hydrogen) atoms. The van der Waals surface area contributed by atoms with Crippen LogP contribution in [0.4, 0.5) is 0 Å². The number of hydrogen-bond donors (Lipinski definition) is 0. The zero-order chi connectivity index (χ0) is 15.9. The topological polar surface area (TPSA) is 65.6 Å². The first kappa shape index (κ1) is 14.8. The van der Waals surface area contributed by atoms with Crippen molar-refractivity contribution < 1.29 is 9.53 Å². The van der Waals surface area contributed by atoms with Crippen LogP contribution in [0.1, 0.15) is 26.6 Å². The first-order valence-corrected chi connectivity index (χ1v) is 8.07. The second-order valence-corrected chi connectivity index (χ2v) is 6.21. The highest BCUT2D eigenvalue weighted by Gasteiger charge is 2.16. The number of thiophene rings is 1. The molecule has 0 aliphatic carbocycles. The van der Waals surface area contributed by atoms with Crippen LogP contribution in [-0.4, -0.2) is 26.3 Å². The van der Waals surface area contributed by atoms with Crippen molar-refractivity contribution in [2.45, 2.75) is 39.8 Å². The molecule has 0 saturated heterocycles. The second-order valence-electron chi connectivity index (χ2n) is 5.32. The number of ether oxygens (including phenoxy) is 1. The Morgan fingerprint density at radius 3 is 2.91 bits per heavy atom. The minimum atomic E-state index is -0.454. The molecule has 0 N–H and O–H groups in total. The van der Waals surface area contributed by atoms with Crippen molar-refractivity contribution >= 4 is 33.0 Å². The molecule has 3 aromatic heterocycles. The van der Waals surface area contributed by atoms with Crippen LogP contribution in [-0.2, 0) is 22.5 Å². The number of esters is 1. The fraction of sp³-hybridized carbons (Fsp3) is 0.400. The molecule has 0 unspecified atom stereocenters. The minimum Gasteiger partial charge on any atom is -0.462 e. The van der Waals surface area contributed by atoms with Crippen LogP contribution in [0.15, 0.2) is 22.3 Å². The molecule has 3 rings (SSSR count). The van der Waals surface area contributed by atoms with Gasteiger partial charge in [0.05, 0.1) is 6.10 Å². The largest absolute Gasteiger partial charge is 0.462 e. The summed E-state index contributed by atoms with van der Waals surface area (Å²) in [5, 5.41) is 7.34. The summed E-state index contributed by atoms with van der Waals surface area (Å²) in [5.74, 6) is 0.300. The average molecular weight is 319 g/mol. The lowest BCUT2D eigenvalue weighted by molar-refractivity contribution is -0.148. The molecular weight excluding hydrogens is 302 g/mol. The molecule has 0 fully saturated rings. The highest BCUT2D eigenvalue weighted by molar-refractivity contribution is 7.16. The number of aromatic nitrogens is 3. The first-order chi connectivity index (χ1) is 10.5. The number of carbonyl (C=O) groups excluding carboxylic acids is 1. The molecule has 0 bridgehead atoms. The van der Waals surface area contributed by atoms with Crippen molar-refractivity contribution in [3.05, 3.63) is 33.7 Å². The number of carbonyl (C=O) groups is 1. The molecule has 3 heterocycles. The molecule has 3 aromatic rings. The maximum Gasteiger partial charge on any atom is 0.328 e. The van der Waals surface area contributed by atoms with E-state index in [0.29, 0.717) is 11.9 Å². The van der Waals surface area contributed by atoms with Gasteiger partial charge in [0.2, 0.25) is 0 Å². The maximum absolute atomic E-state index is 12.6. The normalized spacial score (nSPS) is 11.6. The lowest BCUT2D eigenvalue weighted by atomic mass is 10.4. The number of hydrogen-bond acceptors (Lipinski definition) is 5. The highest BCUT2D eigenvalue weighted by Crippen LogP contribution is 2.24. The molecule has 0 aliphatic heterocycles. The summed E-state index contributed by atoms with van der Waals surface area (Å²) in [6.07, 6.45) is 0.453. The van der Waals surface area contributed by atoms with Crippen LogP contribution in [0, 0.1) is 0 Å². The Hall–Kier alpha value is -2.15. The van der Waals surface area contributed by atoms with Gasteiger partial charge >= 0.3 is 5.97 Å². The molecule has 0 spiro atoms. The fourth-order valence-corrected chi connectivity index (χ4v) is 3.37. The van der Waals surface area contributed by atoms with Gasteiger partial charge in [0.15, 0.2) is 0 Å². The van der Waals surface area contributed by atoms with E-state index < -0.39 is 5.97 Å². The maximum atomic E-state index is 12.6. The molecule has 0 aliphatic rings. The van der Waals surface area contributed by atoms with Gasteiger partial charge in [0.1, 0.15) is 22.7 Å². The molecular formula is C15H17N3O3S. The summed E-state index contributed by atoms with van der Waals surface area (Å²) in [4.78, 5) is 25.4. The van der Waals surface area contributed by atoms with Gasteiger partial charge < -0.3 is 4.74 Å². The van der Waals surface area contributed by atoms with Crippen LogP contribution in [0.2, 0.25) is 0 Å². The standard InChI is InChI=1S/C15H17N3O3S/c1-4-12-16-17(8-13(19)21-9(2)3)14(20)11-7-10-5-6-22-15(10)18(11)12/h5-7,9H,4,8H2,1-3H3. The number of rotatable bonds is 4. The Kier molecular flexibility index (Phi) is 3.74. The van der Waals surface area contributed by atoms with E-state index >= 15 is 0 Å². The highest BCUT2D eigenvalue weighted by atomic mass is 32.1. The van der Waals surface area contributed by atoms with Crippen molar-refractivity contribution in [3.8, 4) is 0 Å². The summed E-state index contributed by atoms with van der Waals surface area (Å²) in [5.41, 5.74) is 0.271. The quantitative estimate of drug-likeness (QED) is 0.692. The molecule has 116 valence electrons. The van der Waals surface area contributed by atoms with Crippen LogP contribution in [0.5, 0.6) is 0 Å². The van der Waals surface area contributed by atoms with Crippen molar-refractivity contribution in [3.63, 3.8) is 0 Å². The smallest absolute Gasteiger partial charge is 0.328 e. The number of fused-ring (bicyclic) bond motifs is 3. The summed E-state index contributed by atoms with van der Waals surface area (Å²) in [7, 11) is 0. The van der Waals surface area contributed by atoms with Gasteiger partial charge in [0.25, 0.3) is 5.56 Å². The van der Waals surface area contributed by atoms with Gasteiger partial charge in [-0.1, -0.05) is 6.92 Å². The Bertz CT molecular complexity index is 904. The Morgan fingerprint density at radius 2 is 2.23 bits per heavy atom. The van der Waals surface area contributed by atoms with Crippen molar-refractivity contribution in [1.29, 1.82) is 0 Å². The molecule has 0 saturated carbocycles. The third-order valence-corrected chi connectivity index (χ3v) is 4.23. The zero-order valence-electron chi connectivity index (χ0n) is 12.7. The van der Waals surface area contributed by atoms with E-state index in [1.54, 1.807) is 25.2 Å². The molecule has 0 radical (unpaired) electrons. The van der Waals surface area contributed by atoms with Crippen molar-refractivity contribution in [1.82, 2.24) is 14.2 Å². The lowest BCUT2D eigenvalue weighted by Crippen LogP contribution is -2.31. The summed E-state index contributed by atoms with van der Waals surface area (Å²) < 4.78 is 8.17. The van der Waals surface area contributed by atoms with Gasteiger partial charge in [-0.3, -0.25) is 14.0 Å². The summed E-state index contributed by atoms with van der Waals surface area (Å²) in [6, 6.07) is 3.82. The van der Waals surface area contributed by atoms with Crippen LogP contribution in [0.3, 0.4) is 0 Å². The molecule has 0 amide bonds. The van der Waals surface area contributed by atoms with Crippen LogP contribution >= 0.6 is 11.3 Å². The molecule has 6 nitrogen and oxygen atoms in total. The van der Waals surface area contributed by atoms with E-state index in [2.05, 4.69) is 5.10 Å². The Morgan fingerprint density at radius 1 is 1.45 bits per heavy atom. The summed E-state index contributed by atoms with van der Waals surface area (Å²) >= 11 is 1.57. The average Bonchev–Trinajstić information content (AvgIpc) is 3.02. The predicted octanol–water partition coefficient (Wildman–Crippen LogP) is 2.22. The SMILES string of the molecule is CCc1nn(CC(=O)OC(C)C)c(=O)c2cc3ccsc3n12. The van der Waals surface area contributed by atoms with Crippen LogP contribution < -0.4 is 5.56 Å². The van der Waals surface area contributed by atoms with Gasteiger partial charge in [-0.05, 0) is 31.4 Å². The van der Waals surface area contributed by atoms with E-state index in [1.165, 1.54) is 4.68 Å². The van der Waals surface area contributed by atoms with Crippen molar-refractivity contribution in [2.75, 3.05) is 0 Å². The summed E-state index contributed by atoms with van der Waals surface area (Å²) in [6.45, 7) is 5.35. The second kappa shape index (κ2) is 5.57. The predicted molar refractivity (Wildman–Crippen MR) is 85.4 cm³/mol. The fourth-order valence-electron chi connectivity index (χ4n) is 2.46. The number of nitrogens with zero attached hydrogens (tertiary/aromatic N) is 3. The number of aryl methyl sites for hydroxylation is 1. The van der Waals surface area contributed by atoms with E-state index in [-0.39, 0.29) is 18.2 Å². The third kappa shape index (κ3) is 2.41. The van der Waals surface area contributed by atoms with Crippen LogP contribution in [0.25, 0.3) is 15.7 Å². The van der Waals surface area contributed by atoms with E-state index in [1.807, 2.05) is 28.8 Å². The Balaban J connectivity index is 2.14. The van der Waals surface area contributed by atoms with E-state index in [9.17, 15) is 9.59 Å². The van der Waals surface area contributed by atoms with Crippen molar-refractivity contribution in [2.24, 2.45) is 0 Å². The van der Waals surface area contributed by atoms with Gasteiger partial charge in [-0.2, -0.15) is 5.10 Å². The van der Waals surface area contributed by atoms with E-state index in [4.69, 9.17) is 4.74 Å². The molecule has 0 atom stereocenters. The minimum absolute atomic E-state index is 0.167. The lowest BCUT2D eigenvalue weighted by Gasteiger charge is -2.11. The van der Waals surface area contributed by atoms with Gasteiger partial charge in [-0.15, -0.1) is 11.3 Å². The third-order valence-electron chi connectivity index (χ3n) is 3.32. The van der Waals surface area contributed by atoms with Gasteiger partial charge in [0, 0.05) is 11.8 Å². The van der Waals surface area contributed by atoms with Gasteiger partial charge in [-0.25, -0.2) is 4.68 Å². The Labute approximate surface area is 130 Å². The first-order valence-electron chi connectivity index (χ1n) is 7.19. The monoisotopic (exact) mass is 319 g/mol. The molecule has 0 aromatic carbocycles. The molecule has 7 heteroatoms. The van der Waals surface area contributed by atoms with E-state index in [0.717, 1.165) is 16.0 Å².